The first-order chi connectivity index (χ1) is 8.99. The molecule has 0 atom stereocenters. The van der Waals surface area contributed by atoms with Crippen molar-refractivity contribution < 1.29 is 24.2 Å². The molecule has 5 nitrogen and oxygen atoms in total. The van der Waals surface area contributed by atoms with Crippen LogP contribution in [0, 0.1) is 0 Å². The van der Waals surface area contributed by atoms with Crippen molar-refractivity contribution in [2.45, 2.75) is 46.5 Å². The maximum Gasteiger partial charge on any atom is 0.333 e. The van der Waals surface area contributed by atoms with Gasteiger partial charge in [-0.05, 0) is 20.3 Å². The molecule has 0 heterocycles. The SMILES string of the molecule is C=C(C)C(=O)OCCO.CCCCCC(=O)OCC. The molecule has 0 aliphatic rings. The van der Waals surface area contributed by atoms with Gasteiger partial charge in [0, 0.05) is 12.0 Å². The third kappa shape index (κ3) is 16.6. The molecule has 0 saturated carbocycles. The first-order valence-corrected chi connectivity index (χ1v) is 6.58. The highest BCUT2D eigenvalue weighted by molar-refractivity contribution is 5.86. The number of rotatable bonds is 8. The number of esters is 2. The Balaban J connectivity index is 0. The van der Waals surface area contributed by atoms with Crippen molar-refractivity contribution in [2.75, 3.05) is 19.8 Å². The molecule has 0 bridgehead atoms. The number of carbonyl (C=O) groups is 2. The van der Waals surface area contributed by atoms with Gasteiger partial charge in [-0.2, -0.15) is 0 Å². The van der Waals surface area contributed by atoms with Gasteiger partial charge in [0.25, 0.3) is 0 Å². The molecular weight excluding hydrogens is 248 g/mol. The Morgan fingerprint density at radius 3 is 2.21 bits per heavy atom. The highest BCUT2D eigenvalue weighted by Crippen LogP contribution is 1.99. The van der Waals surface area contributed by atoms with Crippen LogP contribution >= 0.6 is 0 Å². The van der Waals surface area contributed by atoms with E-state index in [0.29, 0.717) is 18.6 Å². The number of ether oxygens (including phenoxy) is 2. The molecular formula is C14H26O5. The Morgan fingerprint density at radius 2 is 1.79 bits per heavy atom. The van der Waals surface area contributed by atoms with Crippen LogP contribution in [0.25, 0.3) is 0 Å². The zero-order valence-corrected chi connectivity index (χ0v) is 12.2. The molecule has 0 rings (SSSR count). The molecule has 0 unspecified atom stereocenters. The fraction of sp³-hybridized carbons (Fsp3) is 0.714. The summed E-state index contributed by atoms with van der Waals surface area (Å²) in [5, 5.41) is 8.19. The van der Waals surface area contributed by atoms with Crippen molar-refractivity contribution in [1.29, 1.82) is 0 Å². The highest BCUT2D eigenvalue weighted by atomic mass is 16.5. The van der Waals surface area contributed by atoms with Crippen molar-refractivity contribution >= 4 is 11.9 Å². The molecule has 0 aliphatic heterocycles. The monoisotopic (exact) mass is 274 g/mol. The summed E-state index contributed by atoms with van der Waals surface area (Å²) in [6.07, 6.45) is 3.83. The second kappa shape index (κ2) is 14.7. The van der Waals surface area contributed by atoms with Gasteiger partial charge in [-0.25, -0.2) is 4.79 Å². The van der Waals surface area contributed by atoms with E-state index >= 15 is 0 Å². The maximum absolute atomic E-state index is 10.7. The summed E-state index contributed by atoms with van der Waals surface area (Å²) < 4.78 is 9.21. The topological polar surface area (TPSA) is 72.8 Å². The van der Waals surface area contributed by atoms with E-state index in [4.69, 9.17) is 9.84 Å². The second-order valence-corrected chi connectivity index (χ2v) is 3.90. The van der Waals surface area contributed by atoms with Crippen LogP contribution < -0.4 is 0 Å². The minimum atomic E-state index is -0.455. The minimum absolute atomic E-state index is 0.0473. The maximum atomic E-state index is 10.7. The number of carbonyl (C=O) groups excluding carboxylic acids is 2. The van der Waals surface area contributed by atoms with Crippen LogP contribution in [0.5, 0.6) is 0 Å². The van der Waals surface area contributed by atoms with Gasteiger partial charge in [-0.15, -0.1) is 0 Å². The number of hydrogen-bond donors (Lipinski definition) is 1. The average molecular weight is 274 g/mol. The van der Waals surface area contributed by atoms with Gasteiger partial charge in [0.15, 0.2) is 0 Å². The lowest BCUT2D eigenvalue weighted by molar-refractivity contribution is -0.143. The molecule has 112 valence electrons. The summed E-state index contributed by atoms with van der Waals surface area (Å²) in [6, 6.07) is 0. The normalized spacial score (nSPS) is 9.05. The predicted octanol–water partition coefficient (Wildman–Crippen LogP) is 2.23. The van der Waals surface area contributed by atoms with Gasteiger partial charge in [-0.3, -0.25) is 4.79 Å². The van der Waals surface area contributed by atoms with E-state index in [0.717, 1.165) is 19.3 Å². The Bertz CT molecular complexity index is 261. The fourth-order valence-electron chi connectivity index (χ4n) is 1.01. The first kappa shape index (κ1) is 20.0. The third-order valence-corrected chi connectivity index (χ3v) is 1.96. The number of aliphatic hydroxyl groups is 1. The van der Waals surface area contributed by atoms with Crippen LogP contribution in [0.15, 0.2) is 12.2 Å². The molecule has 0 fully saturated rings. The third-order valence-electron chi connectivity index (χ3n) is 1.96. The molecule has 0 spiro atoms. The lowest BCUT2D eigenvalue weighted by Gasteiger charge is -1.99. The zero-order valence-electron chi connectivity index (χ0n) is 12.2. The quantitative estimate of drug-likeness (QED) is 0.417. The molecule has 0 radical (unpaired) electrons. The number of aliphatic hydroxyl groups excluding tert-OH is 1. The van der Waals surface area contributed by atoms with E-state index in [-0.39, 0.29) is 19.2 Å². The average Bonchev–Trinajstić information content (AvgIpc) is 2.37. The van der Waals surface area contributed by atoms with Gasteiger partial charge in [0.05, 0.1) is 13.2 Å². The standard InChI is InChI=1S/C8H16O2.C6H10O3/c1-3-5-6-7-8(9)10-4-2;1-5(2)6(8)9-4-3-7/h3-7H2,1-2H3;7H,1,3-4H2,2H3. The molecule has 0 aliphatic carbocycles. The predicted molar refractivity (Wildman–Crippen MR) is 73.6 cm³/mol. The largest absolute Gasteiger partial charge is 0.466 e. The minimum Gasteiger partial charge on any atom is -0.466 e. The van der Waals surface area contributed by atoms with Gasteiger partial charge >= 0.3 is 11.9 Å². The first-order valence-electron chi connectivity index (χ1n) is 6.58. The molecule has 1 N–H and O–H groups in total. The fourth-order valence-corrected chi connectivity index (χ4v) is 1.01. The van der Waals surface area contributed by atoms with E-state index < -0.39 is 5.97 Å². The van der Waals surface area contributed by atoms with Gasteiger partial charge in [0.2, 0.25) is 0 Å². The Hall–Kier alpha value is -1.36. The Labute approximate surface area is 115 Å². The lowest BCUT2D eigenvalue weighted by atomic mass is 10.2. The summed E-state index contributed by atoms with van der Waals surface area (Å²) in [5.74, 6) is -0.514. The van der Waals surface area contributed by atoms with E-state index in [1.54, 1.807) is 6.92 Å². The van der Waals surface area contributed by atoms with Crippen molar-refractivity contribution in [3.05, 3.63) is 12.2 Å². The summed E-state index contributed by atoms with van der Waals surface area (Å²) in [6.45, 7) is 9.27. The smallest absolute Gasteiger partial charge is 0.333 e. The number of unbranched alkanes of at least 4 members (excludes halogenated alkanes) is 2. The molecule has 19 heavy (non-hydrogen) atoms. The molecule has 0 aromatic carbocycles. The van der Waals surface area contributed by atoms with Crippen LogP contribution in [0.2, 0.25) is 0 Å². The van der Waals surface area contributed by atoms with E-state index in [1.807, 2.05) is 6.92 Å². The highest BCUT2D eigenvalue weighted by Gasteiger charge is 2.00. The van der Waals surface area contributed by atoms with Crippen LogP contribution in [0.4, 0.5) is 0 Å². The van der Waals surface area contributed by atoms with Crippen molar-refractivity contribution in [3.63, 3.8) is 0 Å². The van der Waals surface area contributed by atoms with E-state index in [9.17, 15) is 9.59 Å². The number of hydrogen-bond acceptors (Lipinski definition) is 5. The van der Waals surface area contributed by atoms with Crippen molar-refractivity contribution in [2.24, 2.45) is 0 Å². The van der Waals surface area contributed by atoms with Crippen LogP contribution in [-0.4, -0.2) is 36.9 Å². The van der Waals surface area contributed by atoms with Crippen LogP contribution in [0.1, 0.15) is 46.5 Å². The molecule has 0 aromatic rings. The molecule has 0 saturated heterocycles. The Kier molecular flexibility index (Phi) is 15.4. The zero-order chi connectivity index (χ0) is 15.1. The summed E-state index contributed by atoms with van der Waals surface area (Å²) in [7, 11) is 0. The molecule has 0 amide bonds. The lowest BCUT2D eigenvalue weighted by Crippen LogP contribution is -2.08. The van der Waals surface area contributed by atoms with E-state index in [2.05, 4.69) is 18.2 Å². The summed E-state index contributed by atoms with van der Waals surface area (Å²) >= 11 is 0. The summed E-state index contributed by atoms with van der Waals surface area (Å²) in [5.41, 5.74) is 0.350. The van der Waals surface area contributed by atoms with Crippen molar-refractivity contribution in [1.82, 2.24) is 0 Å². The van der Waals surface area contributed by atoms with Gasteiger partial charge < -0.3 is 14.6 Å². The van der Waals surface area contributed by atoms with Gasteiger partial charge in [-0.1, -0.05) is 26.3 Å². The van der Waals surface area contributed by atoms with Gasteiger partial charge in [0.1, 0.15) is 6.61 Å². The molecule has 5 heteroatoms. The summed E-state index contributed by atoms with van der Waals surface area (Å²) in [4.78, 5) is 21.2. The van der Waals surface area contributed by atoms with Crippen LogP contribution in [-0.2, 0) is 19.1 Å². The van der Waals surface area contributed by atoms with Crippen LogP contribution in [0.3, 0.4) is 0 Å². The van der Waals surface area contributed by atoms with E-state index in [1.165, 1.54) is 0 Å². The Morgan fingerprint density at radius 1 is 1.16 bits per heavy atom. The molecule has 0 aromatic heterocycles. The van der Waals surface area contributed by atoms with Crippen molar-refractivity contribution in [3.8, 4) is 0 Å². The second-order valence-electron chi connectivity index (χ2n) is 3.90.